The first-order valence-corrected chi connectivity index (χ1v) is 6.42. The van der Waals surface area contributed by atoms with Crippen LogP contribution in [-0.4, -0.2) is 16.1 Å². The summed E-state index contributed by atoms with van der Waals surface area (Å²) in [5.41, 5.74) is -1.82. The number of nitrogens with zero attached hydrogens (tertiary/aromatic N) is 1. The minimum Gasteiger partial charge on any atom is -0.418 e. The molecule has 108 valence electrons. The Kier molecular flexibility index (Phi) is 5.21. The van der Waals surface area contributed by atoms with Gasteiger partial charge in [0.25, 0.3) is 0 Å². The molecule has 1 aromatic carbocycles. The SMILES string of the molecule is CCC(CC)(C(=O)Cl)C(=O)Oc1ccccc1[N+](=O)[O-]. The van der Waals surface area contributed by atoms with Crippen molar-refractivity contribution in [3.63, 3.8) is 0 Å². The van der Waals surface area contributed by atoms with Gasteiger partial charge in [0.2, 0.25) is 11.0 Å². The summed E-state index contributed by atoms with van der Waals surface area (Å²) in [5, 5.41) is 10.0. The average Bonchev–Trinajstić information content (AvgIpc) is 2.40. The molecule has 0 aliphatic heterocycles. The van der Waals surface area contributed by atoms with Gasteiger partial charge in [-0.15, -0.1) is 0 Å². The molecule has 0 heterocycles. The van der Waals surface area contributed by atoms with Gasteiger partial charge >= 0.3 is 11.7 Å². The molecule has 0 fully saturated rings. The third-order valence-electron chi connectivity index (χ3n) is 3.24. The van der Waals surface area contributed by atoms with Crippen molar-refractivity contribution in [2.24, 2.45) is 5.41 Å². The van der Waals surface area contributed by atoms with Crippen molar-refractivity contribution in [1.82, 2.24) is 0 Å². The maximum atomic E-state index is 12.2. The summed E-state index contributed by atoms with van der Waals surface area (Å²) in [6.45, 7) is 3.26. The summed E-state index contributed by atoms with van der Waals surface area (Å²) in [6.07, 6.45) is 0.316. The van der Waals surface area contributed by atoms with E-state index in [1.807, 2.05) is 0 Å². The maximum absolute atomic E-state index is 12.2. The number of rotatable bonds is 6. The lowest BCUT2D eigenvalue weighted by molar-refractivity contribution is -0.385. The van der Waals surface area contributed by atoms with Crippen LogP contribution < -0.4 is 4.74 Å². The second kappa shape index (κ2) is 6.47. The largest absolute Gasteiger partial charge is 0.418 e. The molecule has 6 nitrogen and oxygen atoms in total. The lowest BCUT2D eigenvalue weighted by Crippen LogP contribution is -2.39. The van der Waals surface area contributed by atoms with Crippen molar-refractivity contribution < 1.29 is 19.2 Å². The van der Waals surface area contributed by atoms with E-state index < -0.39 is 21.6 Å². The fourth-order valence-electron chi connectivity index (χ4n) is 1.79. The predicted octanol–water partition coefficient (Wildman–Crippen LogP) is 3.07. The topological polar surface area (TPSA) is 86.5 Å². The number of benzene rings is 1. The summed E-state index contributed by atoms with van der Waals surface area (Å²) in [5.74, 6) is -1.08. The highest BCUT2D eigenvalue weighted by Gasteiger charge is 2.44. The van der Waals surface area contributed by atoms with Crippen molar-refractivity contribution in [2.45, 2.75) is 26.7 Å². The van der Waals surface area contributed by atoms with Crippen LogP contribution in [0.2, 0.25) is 0 Å². The molecule has 0 unspecified atom stereocenters. The molecule has 0 amide bonds. The molecule has 0 aliphatic rings. The normalized spacial score (nSPS) is 10.9. The molecule has 0 bridgehead atoms. The van der Waals surface area contributed by atoms with Gasteiger partial charge in [0, 0.05) is 6.07 Å². The predicted molar refractivity (Wildman–Crippen MR) is 72.6 cm³/mol. The van der Waals surface area contributed by atoms with Gasteiger partial charge in [-0.25, -0.2) is 0 Å². The number of carbonyl (C=O) groups is 2. The number of ether oxygens (including phenoxy) is 1. The minimum atomic E-state index is -1.48. The molecule has 0 spiro atoms. The summed E-state index contributed by atoms with van der Waals surface area (Å²) >= 11 is 5.49. The van der Waals surface area contributed by atoms with Crippen molar-refractivity contribution >= 4 is 28.5 Å². The van der Waals surface area contributed by atoms with Gasteiger partial charge in [0.1, 0.15) is 5.41 Å². The number of hydrogen-bond donors (Lipinski definition) is 0. The van der Waals surface area contributed by atoms with Gasteiger partial charge in [-0.05, 0) is 30.5 Å². The Morgan fingerprint density at radius 1 is 1.30 bits per heavy atom. The first kappa shape index (κ1) is 16.1. The second-order valence-electron chi connectivity index (χ2n) is 4.18. The van der Waals surface area contributed by atoms with Crippen LogP contribution >= 0.6 is 11.6 Å². The zero-order chi connectivity index (χ0) is 15.3. The van der Waals surface area contributed by atoms with E-state index in [0.717, 1.165) is 0 Å². The Morgan fingerprint density at radius 3 is 2.30 bits per heavy atom. The number of hydrogen-bond acceptors (Lipinski definition) is 5. The Balaban J connectivity index is 3.13. The van der Waals surface area contributed by atoms with Gasteiger partial charge in [0.15, 0.2) is 0 Å². The molecule has 20 heavy (non-hydrogen) atoms. The molecule has 0 aliphatic carbocycles. The highest BCUT2D eigenvalue weighted by Crippen LogP contribution is 2.34. The van der Waals surface area contributed by atoms with Crippen LogP contribution in [-0.2, 0) is 9.59 Å². The third kappa shape index (κ3) is 2.96. The number of halogens is 1. The Morgan fingerprint density at radius 2 is 1.85 bits per heavy atom. The van der Waals surface area contributed by atoms with Crippen molar-refractivity contribution in [2.75, 3.05) is 0 Å². The Bertz CT molecular complexity index is 539. The smallest absolute Gasteiger partial charge is 0.326 e. The average molecular weight is 300 g/mol. The summed E-state index contributed by atoms with van der Waals surface area (Å²) < 4.78 is 5.03. The number of carbonyl (C=O) groups excluding carboxylic acids is 2. The molecular weight excluding hydrogens is 286 g/mol. The molecule has 0 atom stereocenters. The van der Waals surface area contributed by atoms with Crippen LogP contribution in [0, 0.1) is 15.5 Å². The van der Waals surface area contributed by atoms with Crippen LogP contribution in [0.3, 0.4) is 0 Å². The van der Waals surface area contributed by atoms with Crippen molar-refractivity contribution in [3.05, 3.63) is 34.4 Å². The molecule has 0 radical (unpaired) electrons. The zero-order valence-electron chi connectivity index (χ0n) is 11.1. The van der Waals surface area contributed by atoms with Gasteiger partial charge in [-0.1, -0.05) is 26.0 Å². The van der Waals surface area contributed by atoms with E-state index in [2.05, 4.69) is 0 Å². The third-order valence-corrected chi connectivity index (χ3v) is 3.60. The van der Waals surface area contributed by atoms with Crippen LogP contribution in [0.4, 0.5) is 5.69 Å². The van der Waals surface area contributed by atoms with Crippen LogP contribution in [0.1, 0.15) is 26.7 Å². The second-order valence-corrected chi connectivity index (χ2v) is 4.52. The van der Waals surface area contributed by atoms with Crippen LogP contribution in [0.15, 0.2) is 24.3 Å². The zero-order valence-corrected chi connectivity index (χ0v) is 11.8. The van der Waals surface area contributed by atoms with E-state index in [0.29, 0.717) is 0 Å². The van der Waals surface area contributed by atoms with E-state index in [1.165, 1.54) is 24.3 Å². The van der Waals surface area contributed by atoms with Gasteiger partial charge < -0.3 is 4.74 Å². The number of para-hydroxylation sites is 2. The van der Waals surface area contributed by atoms with Crippen LogP contribution in [0.25, 0.3) is 0 Å². The van der Waals surface area contributed by atoms with Crippen LogP contribution in [0.5, 0.6) is 5.75 Å². The highest BCUT2D eigenvalue weighted by atomic mass is 35.5. The summed E-state index contributed by atoms with van der Waals surface area (Å²) in [6, 6.07) is 5.46. The molecule has 1 aromatic rings. The van der Waals surface area contributed by atoms with E-state index >= 15 is 0 Å². The molecule has 0 saturated carbocycles. The quantitative estimate of drug-likeness (QED) is 0.201. The number of nitro groups is 1. The highest BCUT2D eigenvalue weighted by molar-refractivity contribution is 6.66. The van der Waals surface area contributed by atoms with Gasteiger partial charge in [-0.2, -0.15) is 0 Å². The Hall–Kier alpha value is -1.95. The Labute approximate surface area is 120 Å². The molecular formula is C13H14ClNO5. The summed E-state index contributed by atoms with van der Waals surface area (Å²) in [7, 11) is 0. The maximum Gasteiger partial charge on any atom is 0.326 e. The molecule has 0 saturated heterocycles. The molecule has 7 heteroatoms. The van der Waals surface area contributed by atoms with Gasteiger partial charge in [0.05, 0.1) is 4.92 Å². The van der Waals surface area contributed by atoms with E-state index in [1.54, 1.807) is 13.8 Å². The molecule has 1 rings (SSSR count). The lowest BCUT2D eigenvalue weighted by atomic mass is 9.84. The van der Waals surface area contributed by atoms with Crippen molar-refractivity contribution in [3.8, 4) is 5.75 Å². The van der Waals surface area contributed by atoms with Crippen molar-refractivity contribution in [1.29, 1.82) is 0 Å². The number of nitro benzene ring substituents is 1. The molecule has 0 aromatic heterocycles. The minimum absolute atomic E-state index is 0.158. The van der Waals surface area contributed by atoms with E-state index in [-0.39, 0.29) is 24.3 Å². The fraction of sp³-hybridized carbons (Fsp3) is 0.385. The van der Waals surface area contributed by atoms with E-state index in [4.69, 9.17) is 16.3 Å². The molecule has 0 N–H and O–H groups in total. The monoisotopic (exact) mass is 299 g/mol. The van der Waals surface area contributed by atoms with E-state index in [9.17, 15) is 19.7 Å². The lowest BCUT2D eigenvalue weighted by Gasteiger charge is -2.24. The number of esters is 1. The van der Waals surface area contributed by atoms with Gasteiger partial charge in [-0.3, -0.25) is 19.7 Å². The standard InChI is InChI=1S/C13H14ClNO5/c1-3-13(4-2,11(14)16)12(17)20-10-8-6-5-7-9(10)15(18)19/h5-8H,3-4H2,1-2H3. The fourth-order valence-corrected chi connectivity index (χ4v) is 2.13. The summed E-state index contributed by atoms with van der Waals surface area (Å²) in [4.78, 5) is 33.9. The first-order valence-electron chi connectivity index (χ1n) is 6.04. The first-order chi connectivity index (χ1) is 9.39.